The Morgan fingerprint density at radius 2 is 1.07 bits per heavy atom. The number of hydrogen-bond donors (Lipinski definition) is 2. The SMILES string of the molecule is CCCCCCCCCCCCCCCC[N+](C)(C)CC(C)(O)S(=O)(=O)O. The van der Waals surface area contributed by atoms with E-state index in [1.54, 1.807) is 0 Å². The highest BCUT2D eigenvalue weighted by molar-refractivity contribution is 7.87. The third-order valence-electron chi connectivity index (χ3n) is 5.39. The van der Waals surface area contributed by atoms with E-state index in [1.807, 2.05) is 14.1 Å². The van der Waals surface area contributed by atoms with Crippen LogP contribution in [0.15, 0.2) is 0 Å². The predicted octanol–water partition coefficient (Wildman–Crippen LogP) is 5.14. The minimum absolute atomic E-state index is 0.00965. The van der Waals surface area contributed by atoms with Crippen LogP contribution < -0.4 is 0 Å². The zero-order valence-corrected chi connectivity index (χ0v) is 19.2. The zero-order chi connectivity index (χ0) is 20.8. The van der Waals surface area contributed by atoms with E-state index in [2.05, 4.69) is 6.92 Å². The van der Waals surface area contributed by atoms with E-state index in [0.29, 0.717) is 4.48 Å². The third kappa shape index (κ3) is 14.5. The Hall–Kier alpha value is -0.170. The summed E-state index contributed by atoms with van der Waals surface area (Å²) in [5.41, 5.74) is 0. The maximum atomic E-state index is 11.2. The summed E-state index contributed by atoms with van der Waals surface area (Å²) >= 11 is 0. The summed E-state index contributed by atoms with van der Waals surface area (Å²) in [6, 6.07) is 0. The van der Waals surface area contributed by atoms with E-state index in [1.165, 1.54) is 77.0 Å². The van der Waals surface area contributed by atoms with Gasteiger partial charge in [-0.3, -0.25) is 4.55 Å². The van der Waals surface area contributed by atoms with Crippen LogP contribution >= 0.6 is 0 Å². The Balaban J connectivity index is 3.58. The molecule has 0 bridgehead atoms. The minimum atomic E-state index is -4.45. The van der Waals surface area contributed by atoms with Crippen LogP contribution in [0.3, 0.4) is 0 Å². The molecule has 164 valence electrons. The summed E-state index contributed by atoms with van der Waals surface area (Å²) in [6.45, 7) is 4.20. The van der Waals surface area contributed by atoms with Crippen LogP contribution in [0.2, 0.25) is 0 Å². The second-order valence-electron chi connectivity index (χ2n) is 9.06. The van der Waals surface area contributed by atoms with Crippen molar-refractivity contribution in [2.45, 2.75) is 109 Å². The summed E-state index contributed by atoms with van der Waals surface area (Å²) in [4.78, 5) is -2.09. The van der Waals surface area contributed by atoms with Gasteiger partial charge in [0.25, 0.3) is 0 Å². The molecule has 0 aliphatic carbocycles. The molecule has 0 aromatic carbocycles. The lowest BCUT2D eigenvalue weighted by Crippen LogP contribution is -2.54. The van der Waals surface area contributed by atoms with Crippen molar-refractivity contribution in [3.05, 3.63) is 0 Å². The van der Waals surface area contributed by atoms with Crippen molar-refractivity contribution in [2.24, 2.45) is 0 Å². The zero-order valence-electron chi connectivity index (χ0n) is 18.4. The molecule has 0 aliphatic rings. The van der Waals surface area contributed by atoms with E-state index in [9.17, 15) is 13.5 Å². The lowest BCUT2D eigenvalue weighted by molar-refractivity contribution is -0.894. The Morgan fingerprint density at radius 3 is 1.41 bits per heavy atom. The number of rotatable bonds is 18. The lowest BCUT2D eigenvalue weighted by atomic mass is 10.0. The van der Waals surface area contributed by atoms with Gasteiger partial charge < -0.3 is 9.59 Å². The molecule has 0 saturated heterocycles. The largest absolute Gasteiger partial charge is 0.368 e. The summed E-state index contributed by atoms with van der Waals surface area (Å²) in [6.07, 6.45) is 18.3. The first kappa shape index (κ1) is 26.8. The van der Waals surface area contributed by atoms with Gasteiger partial charge in [-0.25, -0.2) is 0 Å². The number of quaternary nitrogens is 1. The normalized spacial score (nSPS) is 15.0. The molecule has 2 N–H and O–H groups in total. The average Bonchev–Trinajstić information content (AvgIpc) is 2.53. The van der Waals surface area contributed by atoms with Crippen molar-refractivity contribution in [3.63, 3.8) is 0 Å². The van der Waals surface area contributed by atoms with Crippen molar-refractivity contribution in [3.8, 4) is 0 Å². The van der Waals surface area contributed by atoms with E-state index in [4.69, 9.17) is 4.55 Å². The Bertz CT molecular complexity index is 461. The van der Waals surface area contributed by atoms with Gasteiger partial charge in [0.2, 0.25) is 4.93 Å². The Morgan fingerprint density at radius 1 is 0.741 bits per heavy atom. The number of likely N-dealkylation sites (N-methyl/N-ethyl adjacent to an activating group) is 1. The molecule has 27 heavy (non-hydrogen) atoms. The molecular formula is C21H46NO4S+. The van der Waals surface area contributed by atoms with Crippen LogP contribution in [0.1, 0.15) is 104 Å². The highest BCUT2D eigenvalue weighted by Gasteiger charge is 2.41. The first-order valence-electron chi connectivity index (χ1n) is 11.0. The fourth-order valence-electron chi connectivity index (χ4n) is 3.69. The molecule has 0 aliphatic heterocycles. The van der Waals surface area contributed by atoms with E-state index in [0.717, 1.165) is 26.3 Å². The summed E-state index contributed by atoms with van der Waals surface area (Å²) in [7, 11) is -0.673. The summed E-state index contributed by atoms with van der Waals surface area (Å²) in [5.74, 6) is 0. The predicted molar refractivity (Wildman–Crippen MR) is 114 cm³/mol. The van der Waals surface area contributed by atoms with E-state index < -0.39 is 15.1 Å². The molecule has 0 amide bonds. The first-order chi connectivity index (χ1) is 12.5. The number of aliphatic hydroxyl groups is 1. The van der Waals surface area contributed by atoms with Crippen LogP contribution in [0.25, 0.3) is 0 Å². The molecule has 0 aromatic rings. The van der Waals surface area contributed by atoms with Gasteiger partial charge in [0.1, 0.15) is 6.54 Å². The van der Waals surface area contributed by atoms with Crippen LogP contribution in [-0.2, 0) is 10.1 Å². The molecule has 1 unspecified atom stereocenters. The topological polar surface area (TPSA) is 74.6 Å². The Kier molecular flexibility index (Phi) is 13.8. The van der Waals surface area contributed by atoms with Crippen LogP contribution in [0, 0.1) is 0 Å². The van der Waals surface area contributed by atoms with E-state index >= 15 is 0 Å². The monoisotopic (exact) mass is 408 g/mol. The third-order valence-corrected chi connectivity index (χ3v) is 6.63. The van der Waals surface area contributed by atoms with Gasteiger partial charge in [-0.15, -0.1) is 0 Å². The van der Waals surface area contributed by atoms with Crippen molar-refractivity contribution in [1.82, 2.24) is 0 Å². The molecule has 0 fully saturated rings. The molecule has 0 spiro atoms. The Labute approximate surface area is 168 Å². The maximum absolute atomic E-state index is 11.2. The maximum Gasteiger partial charge on any atom is 0.300 e. The van der Waals surface area contributed by atoms with Crippen molar-refractivity contribution < 1.29 is 22.6 Å². The highest BCUT2D eigenvalue weighted by atomic mass is 32.2. The van der Waals surface area contributed by atoms with E-state index in [-0.39, 0.29) is 6.54 Å². The second kappa shape index (κ2) is 13.9. The number of hydrogen-bond acceptors (Lipinski definition) is 3. The van der Waals surface area contributed by atoms with Gasteiger partial charge in [-0.1, -0.05) is 84.0 Å². The summed E-state index contributed by atoms with van der Waals surface area (Å²) < 4.78 is 32.0. The van der Waals surface area contributed by atoms with Gasteiger partial charge >= 0.3 is 10.1 Å². The van der Waals surface area contributed by atoms with Crippen LogP contribution in [0.4, 0.5) is 0 Å². The molecule has 0 aromatic heterocycles. The minimum Gasteiger partial charge on any atom is -0.368 e. The number of unbranched alkanes of at least 4 members (excludes halogenated alkanes) is 13. The standard InChI is InChI=1S/C21H45NO4S/c1-5-6-7-8-9-10-11-12-13-14-15-16-17-18-19-22(3,4)20-21(2,23)27(24,25)26/h23H,5-20H2,1-4H3/p+1. The fourth-order valence-corrected chi connectivity index (χ4v) is 4.20. The smallest absolute Gasteiger partial charge is 0.300 e. The quantitative estimate of drug-likeness (QED) is 0.187. The molecule has 1 atom stereocenters. The van der Waals surface area contributed by atoms with Crippen molar-refractivity contribution >= 4 is 10.1 Å². The van der Waals surface area contributed by atoms with Gasteiger partial charge in [0.05, 0.1) is 20.6 Å². The van der Waals surface area contributed by atoms with Crippen LogP contribution in [-0.4, -0.2) is 54.7 Å². The highest BCUT2D eigenvalue weighted by Crippen LogP contribution is 2.18. The van der Waals surface area contributed by atoms with Gasteiger partial charge in [-0.2, -0.15) is 8.42 Å². The average molecular weight is 409 g/mol. The van der Waals surface area contributed by atoms with Gasteiger partial charge in [-0.05, 0) is 19.8 Å². The van der Waals surface area contributed by atoms with Crippen LogP contribution in [0.5, 0.6) is 0 Å². The number of nitrogens with zero attached hydrogens (tertiary/aromatic N) is 1. The lowest BCUT2D eigenvalue weighted by Gasteiger charge is -2.35. The fraction of sp³-hybridized carbons (Fsp3) is 1.00. The molecule has 0 saturated carbocycles. The van der Waals surface area contributed by atoms with Crippen molar-refractivity contribution in [2.75, 3.05) is 27.2 Å². The molecular weight excluding hydrogens is 362 g/mol. The second-order valence-corrected chi connectivity index (χ2v) is 10.9. The van der Waals surface area contributed by atoms with Crippen molar-refractivity contribution in [1.29, 1.82) is 0 Å². The molecule has 0 rings (SSSR count). The molecule has 6 heteroatoms. The molecule has 0 radical (unpaired) electrons. The summed E-state index contributed by atoms with van der Waals surface area (Å²) in [5, 5.41) is 9.95. The van der Waals surface area contributed by atoms with Gasteiger partial charge in [0.15, 0.2) is 0 Å². The molecule has 5 nitrogen and oxygen atoms in total. The molecule has 0 heterocycles. The first-order valence-corrected chi connectivity index (χ1v) is 12.5. The van der Waals surface area contributed by atoms with Gasteiger partial charge in [0, 0.05) is 0 Å².